The number of benzene rings is 2. The van der Waals surface area contributed by atoms with Gasteiger partial charge in [0.25, 0.3) is 0 Å². The van der Waals surface area contributed by atoms with E-state index in [1.54, 1.807) is 18.2 Å². The van der Waals surface area contributed by atoms with Gasteiger partial charge in [-0.15, -0.1) is 0 Å². The van der Waals surface area contributed by atoms with E-state index in [9.17, 15) is 4.39 Å². The van der Waals surface area contributed by atoms with Crippen molar-refractivity contribution in [2.45, 2.75) is 6.92 Å². The third-order valence-electron chi connectivity index (χ3n) is 2.74. The van der Waals surface area contributed by atoms with Crippen LogP contribution in [0.5, 0.6) is 0 Å². The fourth-order valence-electron chi connectivity index (χ4n) is 1.72. The molecule has 0 aliphatic carbocycles. The lowest BCUT2D eigenvalue weighted by molar-refractivity contribution is 0.625. The van der Waals surface area contributed by atoms with Crippen molar-refractivity contribution in [3.63, 3.8) is 0 Å². The van der Waals surface area contributed by atoms with Gasteiger partial charge in [0, 0.05) is 5.56 Å². The summed E-state index contributed by atoms with van der Waals surface area (Å²) < 4.78 is 14.5. The molecule has 0 aliphatic rings. The SMILES string of the molecule is Cc1ccc(Cl)c(Nc2ccc(C(N)=S)c(Br)c2F)c1. The molecule has 0 amide bonds. The molecule has 0 saturated heterocycles. The van der Waals surface area contributed by atoms with Crippen LogP contribution >= 0.6 is 39.7 Å². The number of hydrogen-bond donors (Lipinski definition) is 2. The van der Waals surface area contributed by atoms with E-state index in [0.717, 1.165) is 5.56 Å². The molecule has 0 aliphatic heterocycles. The van der Waals surface area contributed by atoms with E-state index in [1.165, 1.54) is 0 Å². The topological polar surface area (TPSA) is 38.0 Å². The van der Waals surface area contributed by atoms with E-state index in [2.05, 4.69) is 21.2 Å². The molecule has 2 aromatic rings. The molecule has 2 aromatic carbocycles. The van der Waals surface area contributed by atoms with Crippen molar-refractivity contribution in [3.05, 3.63) is 56.8 Å². The molecule has 0 aromatic heterocycles. The molecule has 0 saturated carbocycles. The minimum atomic E-state index is -0.465. The first-order valence-electron chi connectivity index (χ1n) is 5.71. The molecule has 0 unspecified atom stereocenters. The van der Waals surface area contributed by atoms with Gasteiger partial charge in [-0.05, 0) is 52.7 Å². The van der Waals surface area contributed by atoms with Gasteiger partial charge in [-0.1, -0.05) is 29.9 Å². The number of thiocarbonyl (C=S) groups is 1. The zero-order valence-electron chi connectivity index (χ0n) is 10.5. The van der Waals surface area contributed by atoms with Crippen molar-refractivity contribution in [1.29, 1.82) is 0 Å². The Bertz CT molecular complexity index is 691. The fourth-order valence-corrected chi connectivity index (χ4v) is 2.74. The Morgan fingerprint density at radius 1 is 1.30 bits per heavy atom. The van der Waals surface area contributed by atoms with Crippen LogP contribution in [-0.2, 0) is 0 Å². The van der Waals surface area contributed by atoms with Crippen LogP contribution in [0.25, 0.3) is 0 Å². The number of nitrogens with one attached hydrogen (secondary N) is 1. The minimum Gasteiger partial charge on any atom is -0.389 e. The molecular formula is C14H11BrClFN2S. The Morgan fingerprint density at radius 2 is 2.00 bits per heavy atom. The first-order valence-corrected chi connectivity index (χ1v) is 7.29. The predicted octanol–water partition coefficient (Wildman–Crippen LogP) is 4.93. The number of halogens is 3. The molecule has 0 atom stereocenters. The molecule has 2 rings (SSSR count). The maximum Gasteiger partial charge on any atom is 0.161 e. The number of aryl methyl sites for hydroxylation is 1. The van der Waals surface area contributed by atoms with Crippen molar-refractivity contribution in [2.24, 2.45) is 5.73 Å². The lowest BCUT2D eigenvalue weighted by atomic mass is 10.1. The second-order valence-electron chi connectivity index (χ2n) is 4.26. The summed E-state index contributed by atoms with van der Waals surface area (Å²) in [5.41, 5.74) is 7.94. The van der Waals surface area contributed by atoms with Gasteiger partial charge in [0.1, 0.15) is 4.99 Å². The molecular weight excluding hydrogens is 363 g/mol. The van der Waals surface area contributed by atoms with Crippen LogP contribution in [0.15, 0.2) is 34.8 Å². The van der Waals surface area contributed by atoms with Gasteiger partial charge < -0.3 is 11.1 Å². The molecule has 3 N–H and O–H groups in total. The summed E-state index contributed by atoms with van der Waals surface area (Å²) in [4.78, 5) is 0.135. The second kappa shape index (κ2) is 6.08. The van der Waals surface area contributed by atoms with E-state index in [1.807, 2.05) is 19.1 Å². The Hall–Kier alpha value is -1.17. The van der Waals surface area contributed by atoms with Crippen molar-refractivity contribution in [1.82, 2.24) is 0 Å². The molecule has 0 fully saturated rings. The van der Waals surface area contributed by atoms with Crippen LogP contribution < -0.4 is 11.1 Å². The summed E-state index contributed by atoms with van der Waals surface area (Å²) in [5.74, 6) is -0.465. The van der Waals surface area contributed by atoms with E-state index >= 15 is 0 Å². The maximum absolute atomic E-state index is 14.3. The van der Waals surface area contributed by atoms with Crippen LogP contribution in [0.1, 0.15) is 11.1 Å². The van der Waals surface area contributed by atoms with Gasteiger partial charge in [0.05, 0.1) is 20.9 Å². The third-order valence-corrected chi connectivity index (χ3v) is 4.06. The van der Waals surface area contributed by atoms with E-state index in [0.29, 0.717) is 22.0 Å². The normalized spacial score (nSPS) is 10.4. The molecule has 0 spiro atoms. The average molecular weight is 374 g/mol. The van der Waals surface area contributed by atoms with Crippen LogP contribution in [0.4, 0.5) is 15.8 Å². The largest absolute Gasteiger partial charge is 0.389 e. The first-order chi connectivity index (χ1) is 9.40. The van der Waals surface area contributed by atoms with Crippen molar-refractivity contribution in [2.75, 3.05) is 5.32 Å². The first kappa shape index (κ1) is 15.2. The maximum atomic E-state index is 14.3. The average Bonchev–Trinajstić information content (AvgIpc) is 2.39. The summed E-state index contributed by atoms with van der Waals surface area (Å²) in [5, 5.41) is 3.49. The lowest BCUT2D eigenvalue weighted by Crippen LogP contribution is -2.11. The number of rotatable bonds is 3. The number of hydrogen-bond acceptors (Lipinski definition) is 2. The van der Waals surface area contributed by atoms with Gasteiger partial charge in [-0.3, -0.25) is 0 Å². The number of anilines is 2. The highest BCUT2D eigenvalue weighted by atomic mass is 79.9. The van der Waals surface area contributed by atoms with Gasteiger partial charge in [-0.2, -0.15) is 0 Å². The van der Waals surface area contributed by atoms with E-state index < -0.39 is 5.82 Å². The Labute approximate surface area is 135 Å². The van der Waals surface area contributed by atoms with Crippen molar-refractivity contribution >= 4 is 56.1 Å². The Kier molecular flexibility index (Phi) is 4.62. The zero-order chi connectivity index (χ0) is 14.9. The molecule has 6 heteroatoms. The molecule has 0 bridgehead atoms. The van der Waals surface area contributed by atoms with Crippen LogP contribution in [-0.4, -0.2) is 4.99 Å². The highest BCUT2D eigenvalue weighted by Crippen LogP contribution is 2.32. The van der Waals surface area contributed by atoms with Crippen molar-refractivity contribution in [3.8, 4) is 0 Å². The summed E-state index contributed by atoms with van der Waals surface area (Å²) in [6, 6.07) is 8.72. The summed E-state index contributed by atoms with van der Waals surface area (Å²) in [6.07, 6.45) is 0. The highest BCUT2D eigenvalue weighted by Gasteiger charge is 2.13. The summed E-state index contributed by atoms with van der Waals surface area (Å²) in [7, 11) is 0. The van der Waals surface area contributed by atoms with Crippen molar-refractivity contribution < 1.29 is 4.39 Å². The lowest BCUT2D eigenvalue weighted by Gasteiger charge is -2.12. The zero-order valence-corrected chi connectivity index (χ0v) is 13.7. The van der Waals surface area contributed by atoms with Gasteiger partial charge in [0.15, 0.2) is 5.82 Å². The number of nitrogens with two attached hydrogens (primary N) is 1. The summed E-state index contributed by atoms with van der Waals surface area (Å²) in [6.45, 7) is 1.93. The van der Waals surface area contributed by atoms with E-state index in [4.69, 9.17) is 29.6 Å². The molecule has 0 radical (unpaired) electrons. The van der Waals surface area contributed by atoms with E-state index in [-0.39, 0.29) is 9.46 Å². The molecule has 0 heterocycles. The third kappa shape index (κ3) is 3.11. The Balaban J connectivity index is 2.42. The smallest absolute Gasteiger partial charge is 0.161 e. The standard InChI is InChI=1S/C14H11BrClFN2S/c1-7-2-4-9(16)11(6-7)19-10-5-3-8(14(18)20)12(15)13(10)17/h2-6,19H,1H3,(H2,18,20). The van der Waals surface area contributed by atoms with Crippen LogP contribution in [0, 0.1) is 12.7 Å². The minimum absolute atomic E-state index is 0.135. The molecule has 20 heavy (non-hydrogen) atoms. The molecule has 104 valence electrons. The summed E-state index contributed by atoms with van der Waals surface area (Å²) >= 11 is 14.1. The van der Waals surface area contributed by atoms with Gasteiger partial charge >= 0.3 is 0 Å². The second-order valence-corrected chi connectivity index (χ2v) is 5.90. The fraction of sp³-hybridized carbons (Fsp3) is 0.0714. The predicted molar refractivity (Wildman–Crippen MR) is 89.5 cm³/mol. The monoisotopic (exact) mass is 372 g/mol. The quantitative estimate of drug-likeness (QED) is 0.749. The van der Waals surface area contributed by atoms with Gasteiger partial charge in [0.2, 0.25) is 0 Å². The molecule has 2 nitrogen and oxygen atoms in total. The van der Waals surface area contributed by atoms with Crippen LogP contribution in [0.3, 0.4) is 0 Å². The van der Waals surface area contributed by atoms with Gasteiger partial charge in [-0.25, -0.2) is 4.39 Å². The highest BCUT2D eigenvalue weighted by molar-refractivity contribution is 9.10. The Morgan fingerprint density at radius 3 is 2.65 bits per heavy atom. The van der Waals surface area contributed by atoms with Crippen LogP contribution in [0.2, 0.25) is 5.02 Å².